The summed E-state index contributed by atoms with van der Waals surface area (Å²) in [6.07, 6.45) is -0.500. The molecule has 16 heavy (non-hydrogen) atoms. The van der Waals surface area contributed by atoms with E-state index in [-0.39, 0.29) is 116 Å². The van der Waals surface area contributed by atoms with Crippen LogP contribution in [-0.2, 0) is 20.1 Å². The molecule has 8 nitrogen and oxygen atoms in total. The fraction of sp³-hybridized carbons (Fsp3) is 0.600. The van der Waals surface area contributed by atoms with Gasteiger partial charge in [-0.1, -0.05) is 0 Å². The van der Waals surface area contributed by atoms with E-state index < -0.39 is 28.5 Å². The van der Waals surface area contributed by atoms with Crippen LogP contribution in [0.2, 0.25) is 0 Å². The molecule has 0 aliphatic rings. The zero-order chi connectivity index (χ0) is 11.7. The monoisotopic (exact) mass is 302 g/mol. The van der Waals surface area contributed by atoms with Crippen LogP contribution in [0.3, 0.4) is 0 Å². The quantitative estimate of drug-likeness (QED) is 0.486. The van der Waals surface area contributed by atoms with Crippen LogP contribution in [0.15, 0.2) is 0 Å². The molecule has 0 bridgehead atoms. The Morgan fingerprint density at radius 2 is 1.56 bits per heavy atom. The maximum absolute atomic E-state index is 9.86. The van der Waals surface area contributed by atoms with Crippen LogP contribution in [0.5, 0.6) is 0 Å². The molecular formula is C5H8K2N2O6S. The van der Waals surface area contributed by atoms with Crippen LogP contribution in [0, 0.1) is 4.78 Å². The second-order valence-corrected chi connectivity index (χ2v) is 2.54. The summed E-state index contributed by atoms with van der Waals surface area (Å²) >= 11 is 0. The van der Waals surface area contributed by atoms with E-state index in [4.69, 9.17) is 18.9 Å². The zero-order valence-corrected chi connectivity index (χ0v) is 16.0. The molecule has 0 aromatic heterocycles. The maximum atomic E-state index is 9.86. The zero-order valence-electron chi connectivity index (χ0n) is 8.93. The first kappa shape index (κ1) is 26.4. The van der Waals surface area contributed by atoms with E-state index >= 15 is 0 Å². The second kappa shape index (κ2) is 16.8. The maximum Gasteiger partial charge on any atom is 1.00 e. The van der Waals surface area contributed by atoms with Crippen molar-refractivity contribution in [2.24, 2.45) is 5.73 Å². The van der Waals surface area contributed by atoms with E-state index in [1.807, 2.05) is 0 Å². The Balaban J connectivity index is -0.000000105. The van der Waals surface area contributed by atoms with Gasteiger partial charge < -0.3 is 25.5 Å². The Morgan fingerprint density at radius 3 is 1.75 bits per heavy atom. The number of carboxylic acids is 2. The summed E-state index contributed by atoms with van der Waals surface area (Å²) in [5.74, 6) is -2.75. The van der Waals surface area contributed by atoms with E-state index in [0.29, 0.717) is 0 Å². The van der Waals surface area contributed by atoms with Gasteiger partial charge >= 0.3 is 113 Å². The van der Waals surface area contributed by atoms with Gasteiger partial charge in [-0.2, -0.15) is 13.2 Å². The number of nitrogens with two attached hydrogens (primary N) is 1. The number of hydrogen-bond donors (Lipinski definition) is 2. The van der Waals surface area contributed by atoms with Gasteiger partial charge in [-0.25, -0.2) is 0 Å². The molecule has 0 aromatic carbocycles. The Morgan fingerprint density at radius 1 is 1.25 bits per heavy atom. The van der Waals surface area contributed by atoms with Crippen LogP contribution < -0.4 is 119 Å². The summed E-state index contributed by atoms with van der Waals surface area (Å²) in [4.78, 5) is 19.6. The molecule has 0 spiro atoms. The smallest absolute Gasteiger partial charge is 0.550 e. The molecule has 3 N–H and O–H groups in total. The Bertz CT molecular complexity index is 297. The molecule has 0 rings (SSSR count). The molecule has 0 aliphatic heterocycles. The number of rotatable bonds is 4. The van der Waals surface area contributed by atoms with Crippen molar-refractivity contribution in [2.45, 2.75) is 18.9 Å². The average molecular weight is 302 g/mol. The summed E-state index contributed by atoms with van der Waals surface area (Å²) in [7, 11) is -2.61. The predicted octanol–water partition coefficient (Wildman–Crippen LogP) is -9.77. The molecule has 0 saturated carbocycles. The van der Waals surface area contributed by atoms with E-state index in [1.165, 1.54) is 0 Å². The van der Waals surface area contributed by atoms with E-state index in [1.54, 1.807) is 0 Å². The summed E-state index contributed by atoms with van der Waals surface area (Å²) in [6, 6.07) is -1.21. The van der Waals surface area contributed by atoms with Gasteiger partial charge in [-0.15, -0.1) is 0 Å². The molecule has 0 saturated heterocycles. The minimum Gasteiger partial charge on any atom is -0.550 e. The summed E-state index contributed by atoms with van der Waals surface area (Å²) in [5.41, 5.74) is 4.91. The third kappa shape index (κ3) is 29.7. The number of carbonyl (C=O) groups is 2. The number of carbonyl (C=O) groups excluding carboxylic acids is 2. The fourth-order valence-electron chi connectivity index (χ4n) is 0.391. The Hall–Kier alpha value is 1.79. The summed E-state index contributed by atoms with van der Waals surface area (Å²) in [5, 5.41) is 19.6. The number of carboxylic acid groups (broad SMARTS) is 2. The van der Waals surface area contributed by atoms with Gasteiger partial charge in [0.25, 0.3) is 0 Å². The first-order valence-electron chi connectivity index (χ1n) is 3.24. The number of aliphatic carboxylic acids is 2. The van der Waals surface area contributed by atoms with E-state index in [0.717, 1.165) is 0 Å². The molecule has 0 amide bonds. The molecule has 82 valence electrons. The second-order valence-electron chi connectivity index (χ2n) is 2.07. The van der Waals surface area contributed by atoms with Gasteiger partial charge in [0.2, 0.25) is 0 Å². The van der Waals surface area contributed by atoms with Crippen molar-refractivity contribution in [2.75, 3.05) is 0 Å². The largest absolute Gasteiger partial charge is 1.00 e. The van der Waals surface area contributed by atoms with Crippen molar-refractivity contribution >= 4 is 22.4 Å². The first-order valence-corrected chi connectivity index (χ1v) is 4.31. The van der Waals surface area contributed by atoms with Crippen molar-refractivity contribution in [1.82, 2.24) is 0 Å². The molecule has 0 fully saturated rings. The number of nitrogens with one attached hydrogen (secondary N) is 1. The minimum absolute atomic E-state index is 0. The van der Waals surface area contributed by atoms with Crippen molar-refractivity contribution in [1.29, 1.82) is 4.78 Å². The third-order valence-electron chi connectivity index (χ3n) is 0.962. The molecule has 0 aromatic rings. The minimum atomic E-state index is -2.61. The van der Waals surface area contributed by atoms with Gasteiger partial charge in [0.15, 0.2) is 0 Å². The van der Waals surface area contributed by atoms with Gasteiger partial charge in [-0.3, -0.25) is 0 Å². The molecule has 0 aliphatic carbocycles. The van der Waals surface area contributed by atoms with Crippen molar-refractivity contribution in [3.63, 3.8) is 0 Å². The van der Waals surface area contributed by atoms with Gasteiger partial charge in [0.1, 0.15) is 0 Å². The number of hydrogen-bond acceptors (Lipinski definition) is 8. The van der Waals surface area contributed by atoms with Crippen LogP contribution in [0.4, 0.5) is 0 Å². The van der Waals surface area contributed by atoms with Crippen molar-refractivity contribution in [3.05, 3.63) is 0 Å². The summed E-state index contributed by atoms with van der Waals surface area (Å²) < 4.78 is 22.8. The van der Waals surface area contributed by atoms with Gasteiger partial charge in [0.05, 0.1) is 5.97 Å². The molecule has 0 radical (unpaired) electrons. The first-order chi connectivity index (χ1) is 6.27. The molecule has 11 heteroatoms. The summed E-state index contributed by atoms with van der Waals surface area (Å²) in [6.45, 7) is 0. The molecule has 1 unspecified atom stereocenters. The van der Waals surface area contributed by atoms with Crippen LogP contribution in [0.1, 0.15) is 12.8 Å². The topological polar surface area (TPSA) is 164 Å². The Labute approximate surface area is 179 Å². The Kier molecular flexibility index (Phi) is 27.7. The third-order valence-corrected chi connectivity index (χ3v) is 0.962. The van der Waals surface area contributed by atoms with Crippen LogP contribution in [0.25, 0.3) is 0 Å². The SMILES string of the molecule is N=S(=O)=O.NC(CCC(=O)[O-])C(=O)[O-].[K+].[K+]. The van der Waals surface area contributed by atoms with Gasteiger partial charge in [-0.05, 0) is 12.8 Å². The standard InChI is InChI=1S/C5H9NO4.2K.HNO2S/c6-3(5(9)10)1-2-4(7)8;;;1-4(2)3/h3H,1-2,6H2,(H,7,8)(H,9,10);;;1H/q;2*+1;/p-2. The molecule has 0 heterocycles. The fourth-order valence-corrected chi connectivity index (χ4v) is 0.391. The van der Waals surface area contributed by atoms with E-state index in [2.05, 4.69) is 0 Å². The average Bonchev–Trinajstić information content (AvgIpc) is 1.98. The van der Waals surface area contributed by atoms with Crippen molar-refractivity contribution in [3.8, 4) is 0 Å². The van der Waals surface area contributed by atoms with Crippen LogP contribution >= 0.6 is 0 Å². The molecule has 1 atom stereocenters. The van der Waals surface area contributed by atoms with Gasteiger partial charge in [0, 0.05) is 12.0 Å². The predicted molar refractivity (Wildman–Crippen MR) is 38.9 cm³/mol. The van der Waals surface area contributed by atoms with Crippen molar-refractivity contribution < 1.29 is 131 Å². The molecular weight excluding hydrogens is 294 g/mol. The van der Waals surface area contributed by atoms with Crippen LogP contribution in [-0.4, -0.2) is 26.4 Å². The van der Waals surface area contributed by atoms with E-state index in [9.17, 15) is 19.8 Å². The normalized spacial score (nSPS) is 9.31.